The Hall–Kier alpha value is -1.51. The van der Waals surface area contributed by atoms with Crippen LogP contribution in [0.5, 0.6) is 0 Å². The van der Waals surface area contributed by atoms with Crippen LogP contribution in [-0.4, -0.2) is 19.1 Å². The largest absolute Gasteiger partial charge is 0.467 e. The normalized spacial score (nSPS) is 11.9. The number of carbonyl (C=O) groups is 1. The van der Waals surface area contributed by atoms with Crippen molar-refractivity contribution in [3.05, 3.63) is 29.8 Å². The Labute approximate surface area is 84.1 Å². The molecule has 0 aromatic heterocycles. The number of hydrogen-bond acceptors (Lipinski definition) is 3. The highest BCUT2D eigenvalue weighted by atomic mass is 16.5. The zero-order chi connectivity index (χ0) is 10.6. The molecule has 76 valence electrons. The molecule has 1 aromatic rings. The molecule has 1 rings (SSSR count). The van der Waals surface area contributed by atoms with Crippen LogP contribution in [0.2, 0.25) is 0 Å². The highest BCUT2D eigenvalue weighted by Crippen LogP contribution is 2.10. The van der Waals surface area contributed by atoms with E-state index in [1.165, 1.54) is 7.11 Å². The van der Waals surface area contributed by atoms with Crippen LogP contribution in [0.3, 0.4) is 0 Å². The first-order valence-electron chi connectivity index (χ1n) is 4.54. The lowest BCUT2D eigenvalue weighted by Crippen LogP contribution is -2.27. The van der Waals surface area contributed by atoms with E-state index < -0.39 is 0 Å². The van der Waals surface area contributed by atoms with E-state index in [2.05, 4.69) is 10.1 Å². The number of esters is 1. The third-order valence-corrected chi connectivity index (χ3v) is 1.96. The van der Waals surface area contributed by atoms with Gasteiger partial charge in [0.05, 0.1) is 7.11 Å². The van der Waals surface area contributed by atoms with Crippen molar-refractivity contribution >= 4 is 11.7 Å². The Kier molecular flexibility index (Phi) is 3.51. The molecule has 0 saturated carbocycles. The Morgan fingerprint density at radius 3 is 2.79 bits per heavy atom. The first-order valence-corrected chi connectivity index (χ1v) is 4.54. The molecule has 0 fully saturated rings. The molecule has 3 heteroatoms. The lowest BCUT2D eigenvalue weighted by molar-refractivity contribution is -0.141. The minimum Gasteiger partial charge on any atom is -0.467 e. The molecule has 0 aliphatic heterocycles. The molecule has 0 radical (unpaired) electrons. The maximum Gasteiger partial charge on any atom is 0.327 e. The lowest BCUT2D eigenvalue weighted by Gasteiger charge is -2.12. The van der Waals surface area contributed by atoms with Gasteiger partial charge in [-0.25, -0.2) is 4.79 Å². The van der Waals surface area contributed by atoms with E-state index in [4.69, 9.17) is 0 Å². The molecule has 0 heterocycles. The zero-order valence-electron chi connectivity index (χ0n) is 8.70. The van der Waals surface area contributed by atoms with Crippen LogP contribution in [0.25, 0.3) is 0 Å². The van der Waals surface area contributed by atoms with Crippen LogP contribution in [0.1, 0.15) is 12.5 Å². The van der Waals surface area contributed by atoms with E-state index in [9.17, 15) is 4.79 Å². The van der Waals surface area contributed by atoms with Crippen LogP contribution in [-0.2, 0) is 9.53 Å². The third kappa shape index (κ3) is 2.76. The summed E-state index contributed by atoms with van der Waals surface area (Å²) in [5.41, 5.74) is 2.09. The summed E-state index contributed by atoms with van der Waals surface area (Å²) in [5, 5.41) is 3.06. The van der Waals surface area contributed by atoms with Crippen molar-refractivity contribution in [2.75, 3.05) is 12.4 Å². The second-order valence-electron chi connectivity index (χ2n) is 3.26. The van der Waals surface area contributed by atoms with Crippen molar-refractivity contribution < 1.29 is 9.53 Å². The van der Waals surface area contributed by atoms with Gasteiger partial charge in [0.15, 0.2) is 0 Å². The van der Waals surface area contributed by atoms with Gasteiger partial charge in [0.1, 0.15) is 6.04 Å². The van der Waals surface area contributed by atoms with Gasteiger partial charge in [-0.2, -0.15) is 0 Å². The minimum absolute atomic E-state index is 0.258. The highest BCUT2D eigenvalue weighted by molar-refractivity contribution is 5.78. The van der Waals surface area contributed by atoms with Gasteiger partial charge in [0.25, 0.3) is 0 Å². The topological polar surface area (TPSA) is 38.3 Å². The summed E-state index contributed by atoms with van der Waals surface area (Å²) in [6, 6.07) is 7.54. The van der Waals surface area contributed by atoms with E-state index >= 15 is 0 Å². The van der Waals surface area contributed by atoms with Crippen molar-refractivity contribution in [1.29, 1.82) is 0 Å². The smallest absolute Gasteiger partial charge is 0.327 e. The molecule has 0 bridgehead atoms. The quantitative estimate of drug-likeness (QED) is 0.746. The SMILES string of the molecule is COC(=O)C(C)Nc1cccc(C)c1. The number of ether oxygens (including phenoxy) is 1. The van der Waals surface area contributed by atoms with Crippen LogP contribution < -0.4 is 5.32 Å². The van der Waals surface area contributed by atoms with E-state index in [0.29, 0.717) is 0 Å². The maximum atomic E-state index is 11.1. The first-order chi connectivity index (χ1) is 6.63. The highest BCUT2D eigenvalue weighted by Gasteiger charge is 2.11. The zero-order valence-corrected chi connectivity index (χ0v) is 8.70. The summed E-state index contributed by atoms with van der Waals surface area (Å²) in [6.45, 7) is 3.78. The fourth-order valence-corrected chi connectivity index (χ4v) is 1.22. The Morgan fingerprint density at radius 1 is 1.50 bits per heavy atom. The van der Waals surface area contributed by atoms with Crippen molar-refractivity contribution in [3.63, 3.8) is 0 Å². The maximum absolute atomic E-state index is 11.1. The molecule has 0 amide bonds. The van der Waals surface area contributed by atoms with Crippen LogP contribution >= 0.6 is 0 Å². The monoisotopic (exact) mass is 193 g/mol. The molecule has 0 spiro atoms. The van der Waals surface area contributed by atoms with Gasteiger partial charge in [-0.05, 0) is 31.5 Å². The summed E-state index contributed by atoms with van der Waals surface area (Å²) in [4.78, 5) is 11.1. The number of benzene rings is 1. The van der Waals surface area contributed by atoms with Gasteiger partial charge in [0.2, 0.25) is 0 Å². The number of hydrogen-bond donors (Lipinski definition) is 1. The standard InChI is InChI=1S/C11H15NO2/c1-8-5-4-6-10(7-8)12-9(2)11(13)14-3/h4-7,9,12H,1-3H3. The van der Waals surface area contributed by atoms with Crippen molar-refractivity contribution in [3.8, 4) is 0 Å². The Balaban J connectivity index is 2.64. The Morgan fingerprint density at radius 2 is 2.21 bits per heavy atom. The fraction of sp³-hybridized carbons (Fsp3) is 0.364. The molecule has 0 aliphatic carbocycles. The van der Waals surface area contributed by atoms with E-state index in [1.54, 1.807) is 6.92 Å². The molecule has 1 unspecified atom stereocenters. The first kappa shape index (κ1) is 10.6. The van der Waals surface area contributed by atoms with Gasteiger partial charge in [0, 0.05) is 5.69 Å². The summed E-state index contributed by atoms with van der Waals surface area (Å²) in [7, 11) is 1.39. The average Bonchev–Trinajstić information content (AvgIpc) is 2.16. The minimum atomic E-state index is -0.318. The van der Waals surface area contributed by atoms with Crippen molar-refractivity contribution in [2.45, 2.75) is 19.9 Å². The molecule has 3 nitrogen and oxygen atoms in total. The summed E-state index contributed by atoms with van der Waals surface area (Å²) >= 11 is 0. The summed E-state index contributed by atoms with van der Waals surface area (Å²) in [5.74, 6) is -0.258. The predicted octanol–water partition coefficient (Wildman–Crippen LogP) is 1.97. The summed E-state index contributed by atoms with van der Waals surface area (Å²) in [6.07, 6.45) is 0. The van der Waals surface area contributed by atoms with Crippen molar-refractivity contribution in [1.82, 2.24) is 0 Å². The van der Waals surface area contributed by atoms with Gasteiger partial charge >= 0.3 is 5.97 Å². The average molecular weight is 193 g/mol. The molecule has 14 heavy (non-hydrogen) atoms. The van der Waals surface area contributed by atoms with E-state index in [-0.39, 0.29) is 12.0 Å². The van der Waals surface area contributed by atoms with Gasteiger partial charge in [-0.3, -0.25) is 0 Å². The molecule has 0 aliphatic rings. The van der Waals surface area contributed by atoms with E-state index in [1.807, 2.05) is 31.2 Å². The molecular weight excluding hydrogens is 178 g/mol. The third-order valence-electron chi connectivity index (χ3n) is 1.96. The van der Waals surface area contributed by atoms with E-state index in [0.717, 1.165) is 11.3 Å². The van der Waals surface area contributed by atoms with Crippen LogP contribution in [0.4, 0.5) is 5.69 Å². The molecule has 1 aromatic carbocycles. The predicted molar refractivity (Wildman–Crippen MR) is 56.3 cm³/mol. The van der Waals surface area contributed by atoms with Crippen molar-refractivity contribution in [2.24, 2.45) is 0 Å². The molecular formula is C11H15NO2. The van der Waals surface area contributed by atoms with Gasteiger partial charge < -0.3 is 10.1 Å². The fourth-order valence-electron chi connectivity index (χ4n) is 1.22. The van der Waals surface area contributed by atoms with Gasteiger partial charge in [-0.1, -0.05) is 12.1 Å². The Bertz CT molecular complexity index is 323. The van der Waals surface area contributed by atoms with Gasteiger partial charge in [-0.15, -0.1) is 0 Å². The van der Waals surface area contributed by atoms with Crippen LogP contribution in [0, 0.1) is 6.92 Å². The lowest BCUT2D eigenvalue weighted by atomic mass is 10.2. The second kappa shape index (κ2) is 4.65. The number of aryl methyl sites for hydroxylation is 1. The number of anilines is 1. The summed E-state index contributed by atoms with van der Waals surface area (Å²) < 4.78 is 4.61. The van der Waals surface area contributed by atoms with Crippen LogP contribution in [0.15, 0.2) is 24.3 Å². The molecule has 1 N–H and O–H groups in total. The number of carbonyl (C=O) groups excluding carboxylic acids is 1. The number of rotatable bonds is 3. The molecule has 0 saturated heterocycles. The molecule has 1 atom stereocenters. The number of nitrogens with one attached hydrogen (secondary N) is 1. The second-order valence-corrected chi connectivity index (χ2v) is 3.26. The number of methoxy groups -OCH3 is 1.